The minimum absolute atomic E-state index is 0.0227. The molecule has 2 N–H and O–H groups in total. The third-order valence-electron chi connectivity index (χ3n) is 11.2. The van der Waals surface area contributed by atoms with E-state index < -0.39 is 47.9 Å². The molecule has 1 aliphatic heterocycles. The van der Waals surface area contributed by atoms with Crippen LogP contribution in [0.25, 0.3) is 6.08 Å². The minimum Gasteiger partial charge on any atom is -0.478 e. The molecule has 0 aromatic heterocycles. The third-order valence-corrected chi connectivity index (χ3v) is 11.2. The van der Waals surface area contributed by atoms with Gasteiger partial charge >= 0.3 is 13.1 Å². The highest BCUT2D eigenvalue weighted by atomic mass is 19.1. The lowest BCUT2D eigenvalue weighted by Gasteiger charge is -2.53. The van der Waals surface area contributed by atoms with Crippen molar-refractivity contribution in [2.75, 3.05) is 0 Å². The number of aliphatic hydroxyl groups excluding tert-OH is 1. The summed E-state index contributed by atoms with van der Waals surface area (Å²) in [5, 5.41) is 20.0. The molecule has 2 aromatic carbocycles. The van der Waals surface area contributed by atoms with Crippen molar-refractivity contribution in [1.82, 2.24) is 0 Å². The molecule has 2 aromatic rings. The Morgan fingerprint density at radius 3 is 2.27 bits per heavy atom. The van der Waals surface area contributed by atoms with Gasteiger partial charge in [0.2, 0.25) is 0 Å². The smallest absolute Gasteiger partial charge is 0.478 e. The van der Waals surface area contributed by atoms with Crippen LogP contribution in [-0.4, -0.2) is 40.6 Å². The number of aliphatic carboxylic acids is 1. The lowest BCUT2D eigenvalue weighted by Crippen LogP contribution is -2.47. The normalized spacial score (nSPS) is 33.5. The first kappa shape index (κ1) is 28.6. The van der Waals surface area contributed by atoms with Gasteiger partial charge in [-0.05, 0) is 129 Å². The molecule has 0 amide bonds. The Bertz CT molecular complexity index is 1380. The summed E-state index contributed by atoms with van der Waals surface area (Å²) in [5.41, 5.74) is 2.15. The van der Waals surface area contributed by atoms with Crippen LogP contribution >= 0.6 is 0 Å². The van der Waals surface area contributed by atoms with E-state index in [1.807, 2.05) is 27.7 Å². The van der Waals surface area contributed by atoms with Gasteiger partial charge in [-0.1, -0.05) is 25.1 Å². The number of hydrogen-bond donors (Lipinski definition) is 2. The van der Waals surface area contributed by atoms with Crippen molar-refractivity contribution >= 4 is 24.6 Å². The highest BCUT2D eigenvalue weighted by molar-refractivity contribution is 6.62. The van der Waals surface area contributed by atoms with E-state index in [2.05, 4.69) is 25.1 Å². The molecule has 8 heteroatoms. The van der Waals surface area contributed by atoms with Crippen molar-refractivity contribution in [2.45, 2.75) is 95.9 Å². The number of benzene rings is 2. The van der Waals surface area contributed by atoms with Gasteiger partial charge in [-0.3, -0.25) is 0 Å². The molecule has 3 aliphatic carbocycles. The molecule has 1 heterocycles. The summed E-state index contributed by atoms with van der Waals surface area (Å²) in [7, 11) is -0.533. The van der Waals surface area contributed by atoms with Gasteiger partial charge in [-0.2, -0.15) is 0 Å². The molecule has 5 nitrogen and oxygen atoms in total. The van der Waals surface area contributed by atoms with E-state index in [1.54, 1.807) is 0 Å². The highest BCUT2D eigenvalue weighted by Crippen LogP contribution is 2.64. The Labute approximate surface area is 241 Å². The third kappa shape index (κ3) is 4.57. The number of halogens is 2. The van der Waals surface area contributed by atoms with Crippen molar-refractivity contribution in [3.8, 4) is 0 Å². The van der Waals surface area contributed by atoms with E-state index in [9.17, 15) is 9.90 Å². The lowest BCUT2D eigenvalue weighted by molar-refractivity contribution is -0.131. The summed E-state index contributed by atoms with van der Waals surface area (Å²) in [4.78, 5) is 11.0. The van der Waals surface area contributed by atoms with Crippen LogP contribution in [0.1, 0.15) is 94.4 Å². The van der Waals surface area contributed by atoms with Gasteiger partial charge < -0.3 is 19.5 Å². The first-order valence-corrected chi connectivity index (χ1v) is 14.8. The van der Waals surface area contributed by atoms with Gasteiger partial charge in [0.15, 0.2) is 0 Å². The Kier molecular flexibility index (Phi) is 6.79. The Morgan fingerprint density at radius 2 is 1.63 bits per heavy atom. The van der Waals surface area contributed by atoms with Crippen molar-refractivity contribution in [3.05, 3.63) is 70.3 Å². The summed E-state index contributed by atoms with van der Waals surface area (Å²) in [6.07, 6.45) is 5.38. The monoisotopic (exact) mass is 564 g/mol. The average Bonchev–Trinajstić information content (AvgIpc) is 3.31. The Balaban J connectivity index is 1.44. The van der Waals surface area contributed by atoms with E-state index >= 15 is 8.78 Å². The van der Waals surface area contributed by atoms with Gasteiger partial charge in [0.25, 0.3) is 0 Å². The number of hydrogen-bond acceptors (Lipinski definition) is 4. The Morgan fingerprint density at radius 1 is 0.976 bits per heavy atom. The summed E-state index contributed by atoms with van der Waals surface area (Å²) in [5.74, 6) is -2.68. The van der Waals surface area contributed by atoms with E-state index in [-0.39, 0.29) is 34.3 Å². The molecule has 4 aliphatic rings. The predicted molar refractivity (Wildman–Crippen MR) is 154 cm³/mol. The van der Waals surface area contributed by atoms with Crippen LogP contribution in [0.4, 0.5) is 8.78 Å². The maximum Gasteiger partial charge on any atom is 0.494 e. The number of carboxylic acids is 1. The minimum atomic E-state index is -1.18. The van der Waals surface area contributed by atoms with Gasteiger partial charge in [-0.15, -0.1) is 0 Å². The van der Waals surface area contributed by atoms with Crippen molar-refractivity contribution in [3.63, 3.8) is 0 Å². The molecular formula is C33H39BF2O5. The van der Waals surface area contributed by atoms with Gasteiger partial charge in [-0.25, -0.2) is 13.6 Å². The summed E-state index contributed by atoms with van der Waals surface area (Å²) in [6, 6.07) is 8.78. The fourth-order valence-electron chi connectivity index (χ4n) is 8.27. The second kappa shape index (κ2) is 9.75. The fraction of sp³-hybridized carbons (Fsp3) is 0.545. The second-order valence-corrected chi connectivity index (χ2v) is 13.9. The zero-order valence-electron chi connectivity index (χ0n) is 24.4. The summed E-state index contributed by atoms with van der Waals surface area (Å²) >= 11 is 0. The first-order chi connectivity index (χ1) is 19.2. The maximum absolute atomic E-state index is 15.9. The topological polar surface area (TPSA) is 76.0 Å². The van der Waals surface area contributed by atoms with Crippen LogP contribution in [0.2, 0.25) is 0 Å². The van der Waals surface area contributed by atoms with Gasteiger partial charge in [0.1, 0.15) is 11.6 Å². The SMILES string of the molecule is CC1(C)OB(c2ccc3c(c2)CC(c2c(F)cc(/C=C/C(=O)O)cc2F)[C@@H]2[C@@H]3CC[C@]3(C)[C@@H](O)CC[C@@H]23)OC1(C)C. The molecule has 1 saturated heterocycles. The highest BCUT2D eigenvalue weighted by Gasteiger charge is 2.58. The van der Waals surface area contributed by atoms with Crippen LogP contribution in [0.15, 0.2) is 36.4 Å². The zero-order valence-corrected chi connectivity index (χ0v) is 24.4. The number of aliphatic hydroxyl groups is 1. The Hall–Kier alpha value is -2.55. The number of rotatable bonds is 4. The maximum atomic E-state index is 15.9. The van der Waals surface area contributed by atoms with Crippen LogP contribution in [0.5, 0.6) is 0 Å². The van der Waals surface area contributed by atoms with Crippen LogP contribution < -0.4 is 5.46 Å². The molecule has 3 fully saturated rings. The van der Waals surface area contributed by atoms with Crippen molar-refractivity contribution < 1.29 is 33.1 Å². The van der Waals surface area contributed by atoms with Gasteiger partial charge in [0, 0.05) is 11.6 Å². The fourth-order valence-corrected chi connectivity index (χ4v) is 8.27. The molecule has 6 rings (SSSR count). The quantitative estimate of drug-likeness (QED) is 0.354. The van der Waals surface area contributed by atoms with E-state index in [1.165, 1.54) is 23.8 Å². The van der Waals surface area contributed by atoms with Gasteiger partial charge in [0.05, 0.1) is 17.3 Å². The number of fused-ring (bicyclic) bond motifs is 5. The summed E-state index contributed by atoms with van der Waals surface area (Å²) < 4.78 is 44.3. The first-order valence-electron chi connectivity index (χ1n) is 14.8. The molecular weight excluding hydrogens is 525 g/mol. The second-order valence-electron chi connectivity index (χ2n) is 13.9. The number of carboxylic acid groups (broad SMARTS) is 1. The molecule has 218 valence electrons. The van der Waals surface area contributed by atoms with Crippen LogP contribution in [-0.2, 0) is 20.5 Å². The van der Waals surface area contributed by atoms with E-state index in [0.717, 1.165) is 36.4 Å². The molecule has 41 heavy (non-hydrogen) atoms. The molecule has 2 saturated carbocycles. The van der Waals surface area contributed by atoms with Crippen LogP contribution in [0, 0.1) is 28.9 Å². The molecule has 0 spiro atoms. The lowest BCUT2D eigenvalue weighted by atomic mass is 9.51. The van der Waals surface area contributed by atoms with Crippen molar-refractivity contribution in [2.24, 2.45) is 17.3 Å². The average molecular weight is 564 g/mol. The summed E-state index contributed by atoms with van der Waals surface area (Å²) in [6.45, 7) is 10.2. The predicted octanol–water partition coefficient (Wildman–Crippen LogP) is 5.97. The largest absolute Gasteiger partial charge is 0.494 e. The molecule has 0 radical (unpaired) electrons. The van der Waals surface area contributed by atoms with E-state index in [0.29, 0.717) is 12.8 Å². The molecule has 6 atom stereocenters. The molecule has 0 bridgehead atoms. The van der Waals surface area contributed by atoms with Crippen LogP contribution in [0.3, 0.4) is 0 Å². The zero-order chi connectivity index (χ0) is 29.5. The standard InChI is InChI=1S/C33H39BF2O5/c1-31(2)32(3,4)41-34(40-31)20-7-8-21-19(16-20)17-23(29-22(21)12-13-33(5)24(29)9-10-27(33)37)30-25(35)14-18(15-26(30)36)6-11-28(38)39/h6-8,11,14-16,22-24,27,29,37H,9-10,12-13,17H2,1-5H3,(H,38,39)/b11-6+/t22-,23?,24+,27+,29+,33+/m1/s1. The number of carbonyl (C=O) groups is 1. The van der Waals surface area contributed by atoms with E-state index in [4.69, 9.17) is 14.4 Å². The molecule has 1 unspecified atom stereocenters. The van der Waals surface area contributed by atoms with Crippen molar-refractivity contribution in [1.29, 1.82) is 0 Å².